The average molecular weight is 168 g/mol. The van der Waals surface area contributed by atoms with E-state index >= 15 is 0 Å². The highest BCUT2D eigenvalue weighted by Crippen LogP contribution is 2.57. The van der Waals surface area contributed by atoms with Crippen LogP contribution in [0.15, 0.2) is 0 Å². The van der Waals surface area contributed by atoms with Crippen molar-refractivity contribution in [2.45, 2.75) is 65.7 Å². The number of rotatable bonds is 6. The third-order valence-electron chi connectivity index (χ3n) is 3.52. The standard InChI is InChI=1S/C12H24/c1-4-6-7-8-11-10-12(11,3)9-5-2/h11H,4-10H2,1-3H3. The highest BCUT2D eigenvalue weighted by molar-refractivity contribution is 4.97. The minimum atomic E-state index is 0.766. The van der Waals surface area contributed by atoms with Gasteiger partial charge in [0.1, 0.15) is 0 Å². The van der Waals surface area contributed by atoms with E-state index in [2.05, 4.69) is 20.8 Å². The molecule has 0 nitrogen and oxygen atoms in total. The van der Waals surface area contributed by atoms with Crippen molar-refractivity contribution < 1.29 is 0 Å². The summed E-state index contributed by atoms with van der Waals surface area (Å²) >= 11 is 0. The second kappa shape index (κ2) is 4.30. The van der Waals surface area contributed by atoms with E-state index < -0.39 is 0 Å². The van der Waals surface area contributed by atoms with Gasteiger partial charge in [0.05, 0.1) is 0 Å². The van der Waals surface area contributed by atoms with Crippen LogP contribution in [0, 0.1) is 11.3 Å². The molecule has 1 fully saturated rings. The summed E-state index contributed by atoms with van der Waals surface area (Å²) in [6.45, 7) is 7.08. The molecule has 12 heavy (non-hydrogen) atoms. The zero-order chi connectivity index (χ0) is 9.03. The molecule has 2 atom stereocenters. The fourth-order valence-electron chi connectivity index (χ4n) is 2.47. The van der Waals surface area contributed by atoms with Gasteiger partial charge in [-0.2, -0.15) is 0 Å². The van der Waals surface area contributed by atoms with Crippen LogP contribution in [-0.2, 0) is 0 Å². The summed E-state index contributed by atoms with van der Waals surface area (Å²) in [5.74, 6) is 1.09. The first kappa shape index (κ1) is 10.1. The van der Waals surface area contributed by atoms with Crippen LogP contribution in [0.4, 0.5) is 0 Å². The van der Waals surface area contributed by atoms with Gasteiger partial charge >= 0.3 is 0 Å². The Bertz CT molecular complexity index is 128. The normalized spacial score (nSPS) is 33.8. The lowest BCUT2D eigenvalue weighted by Crippen LogP contribution is -1.97. The van der Waals surface area contributed by atoms with Gasteiger partial charge in [0.2, 0.25) is 0 Å². The van der Waals surface area contributed by atoms with E-state index in [-0.39, 0.29) is 0 Å². The number of hydrogen-bond acceptors (Lipinski definition) is 0. The first-order valence-electron chi connectivity index (χ1n) is 5.73. The lowest BCUT2D eigenvalue weighted by atomic mass is 9.97. The van der Waals surface area contributed by atoms with Crippen LogP contribution in [0.2, 0.25) is 0 Å². The lowest BCUT2D eigenvalue weighted by Gasteiger charge is -2.08. The maximum Gasteiger partial charge on any atom is -0.0295 e. The largest absolute Gasteiger partial charge is 0.0654 e. The Labute approximate surface area is 77.7 Å². The van der Waals surface area contributed by atoms with E-state index in [9.17, 15) is 0 Å². The van der Waals surface area contributed by atoms with Gasteiger partial charge in [-0.3, -0.25) is 0 Å². The van der Waals surface area contributed by atoms with E-state index in [1.807, 2.05) is 0 Å². The Morgan fingerprint density at radius 1 is 1.17 bits per heavy atom. The molecule has 1 saturated carbocycles. The van der Waals surface area contributed by atoms with Crippen LogP contribution in [0.25, 0.3) is 0 Å². The molecule has 0 aromatic heterocycles. The van der Waals surface area contributed by atoms with E-state index in [4.69, 9.17) is 0 Å². The highest BCUT2D eigenvalue weighted by atomic mass is 14.5. The summed E-state index contributed by atoms with van der Waals surface area (Å²) in [6, 6.07) is 0. The van der Waals surface area contributed by atoms with E-state index in [0.29, 0.717) is 0 Å². The van der Waals surface area contributed by atoms with Gasteiger partial charge in [-0.05, 0) is 30.6 Å². The molecule has 0 radical (unpaired) electrons. The molecule has 0 heterocycles. The molecule has 1 rings (SSSR count). The Morgan fingerprint density at radius 2 is 1.92 bits per heavy atom. The second-order valence-corrected chi connectivity index (χ2v) is 4.80. The summed E-state index contributed by atoms with van der Waals surface area (Å²) in [4.78, 5) is 0. The van der Waals surface area contributed by atoms with Crippen molar-refractivity contribution in [2.24, 2.45) is 11.3 Å². The smallest absolute Gasteiger partial charge is 0.0295 e. The van der Waals surface area contributed by atoms with Crippen LogP contribution < -0.4 is 0 Å². The maximum absolute atomic E-state index is 2.48. The third kappa shape index (κ3) is 2.50. The van der Waals surface area contributed by atoms with Gasteiger partial charge < -0.3 is 0 Å². The van der Waals surface area contributed by atoms with Gasteiger partial charge in [0.25, 0.3) is 0 Å². The first-order valence-corrected chi connectivity index (χ1v) is 5.73. The van der Waals surface area contributed by atoms with E-state index in [0.717, 1.165) is 11.3 Å². The van der Waals surface area contributed by atoms with Crippen molar-refractivity contribution in [1.29, 1.82) is 0 Å². The molecule has 0 aliphatic heterocycles. The molecular weight excluding hydrogens is 144 g/mol. The summed E-state index contributed by atoms with van der Waals surface area (Å²) < 4.78 is 0. The lowest BCUT2D eigenvalue weighted by molar-refractivity contribution is 0.432. The predicted molar refractivity (Wildman–Crippen MR) is 55.3 cm³/mol. The monoisotopic (exact) mass is 168 g/mol. The molecular formula is C12H24. The zero-order valence-electron chi connectivity index (χ0n) is 9.03. The quantitative estimate of drug-likeness (QED) is 0.516. The Morgan fingerprint density at radius 3 is 2.50 bits per heavy atom. The molecule has 0 aromatic rings. The van der Waals surface area contributed by atoms with Crippen LogP contribution in [0.3, 0.4) is 0 Å². The SMILES string of the molecule is CCCCCC1CC1(C)CCC. The average Bonchev–Trinajstić information content (AvgIpc) is 2.63. The highest BCUT2D eigenvalue weighted by Gasteiger charge is 2.47. The third-order valence-corrected chi connectivity index (χ3v) is 3.52. The fourth-order valence-corrected chi connectivity index (χ4v) is 2.47. The Kier molecular flexibility index (Phi) is 3.61. The van der Waals surface area contributed by atoms with E-state index in [1.54, 1.807) is 0 Å². The van der Waals surface area contributed by atoms with Crippen LogP contribution in [-0.4, -0.2) is 0 Å². The number of hydrogen-bond donors (Lipinski definition) is 0. The van der Waals surface area contributed by atoms with Crippen molar-refractivity contribution in [3.63, 3.8) is 0 Å². The first-order chi connectivity index (χ1) is 5.73. The molecule has 0 spiro atoms. The molecule has 0 amide bonds. The topological polar surface area (TPSA) is 0 Å². The molecule has 0 bridgehead atoms. The maximum atomic E-state index is 2.48. The van der Waals surface area contributed by atoms with Crippen molar-refractivity contribution in [2.75, 3.05) is 0 Å². The van der Waals surface area contributed by atoms with Crippen molar-refractivity contribution >= 4 is 0 Å². The number of unbranched alkanes of at least 4 members (excludes halogenated alkanes) is 2. The van der Waals surface area contributed by atoms with Crippen LogP contribution in [0.1, 0.15) is 65.7 Å². The second-order valence-electron chi connectivity index (χ2n) is 4.80. The van der Waals surface area contributed by atoms with Gasteiger partial charge in [0.15, 0.2) is 0 Å². The molecule has 0 N–H and O–H groups in total. The summed E-state index contributed by atoms with van der Waals surface area (Å²) in [6.07, 6.45) is 10.1. The Hall–Kier alpha value is 0. The van der Waals surface area contributed by atoms with Crippen molar-refractivity contribution in [1.82, 2.24) is 0 Å². The summed E-state index contributed by atoms with van der Waals surface area (Å²) in [7, 11) is 0. The van der Waals surface area contributed by atoms with Crippen LogP contribution in [0.5, 0.6) is 0 Å². The molecule has 0 aromatic carbocycles. The van der Waals surface area contributed by atoms with Gasteiger partial charge in [-0.25, -0.2) is 0 Å². The van der Waals surface area contributed by atoms with Gasteiger partial charge in [-0.15, -0.1) is 0 Å². The molecule has 1 aliphatic carbocycles. The predicted octanol–water partition coefficient (Wildman–Crippen LogP) is 4.39. The molecule has 72 valence electrons. The summed E-state index contributed by atoms with van der Waals surface area (Å²) in [5.41, 5.74) is 0.766. The minimum Gasteiger partial charge on any atom is -0.0654 e. The zero-order valence-corrected chi connectivity index (χ0v) is 9.03. The summed E-state index contributed by atoms with van der Waals surface area (Å²) in [5, 5.41) is 0. The van der Waals surface area contributed by atoms with Crippen molar-refractivity contribution in [3.05, 3.63) is 0 Å². The Balaban J connectivity index is 2.06. The fraction of sp³-hybridized carbons (Fsp3) is 1.00. The molecule has 2 unspecified atom stereocenters. The molecule has 0 saturated heterocycles. The van der Waals surface area contributed by atoms with Crippen LogP contribution >= 0.6 is 0 Å². The minimum absolute atomic E-state index is 0.766. The molecule has 0 heteroatoms. The van der Waals surface area contributed by atoms with Gasteiger partial charge in [-0.1, -0.05) is 46.5 Å². The molecule has 1 aliphatic rings. The van der Waals surface area contributed by atoms with Crippen molar-refractivity contribution in [3.8, 4) is 0 Å². The van der Waals surface area contributed by atoms with Gasteiger partial charge in [0, 0.05) is 0 Å². The van der Waals surface area contributed by atoms with E-state index in [1.165, 1.54) is 44.9 Å².